The van der Waals surface area contributed by atoms with Gasteiger partial charge in [0.05, 0.1) is 22.4 Å². The molecule has 4 heteroatoms. The molecule has 184 valence electrons. The van der Waals surface area contributed by atoms with Crippen molar-refractivity contribution in [3.63, 3.8) is 0 Å². The zero-order valence-corrected chi connectivity index (χ0v) is 21.0. The topological polar surface area (TPSA) is 34.2 Å². The summed E-state index contributed by atoms with van der Waals surface area (Å²) < 4.78 is 8.81. The molecule has 8 aromatic rings. The summed E-state index contributed by atoms with van der Waals surface area (Å²) in [4.78, 5) is 7.00. The van der Waals surface area contributed by atoms with Crippen LogP contribution in [0.4, 0.5) is 17.4 Å². The van der Waals surface area contributed by atoms with E-state index in [0.717, 1.165) is 38.9 Å². The van der Waals surface area contributed by atoms with Crippen LogP contribution in [-0.4, -0.2) is 9.55 Å². The van der Waals surface area contributed by atoms with Crippen molar-refractivity contribution in [3.8, 4) is 5.69 Å². The molecule has 0 bridgehead atoms. The summed E-state index contributed by atoms with van der Waals surface area (Å²) in [5, 5.41) is 4.70. The predicted molar refractivity (Wildman–Crippen MR) is 161 cm³/mol. The summed E-state index contributed by atoms with van der Waals surface area (Å²) in [6.07, 6.45) is 0. The Labute approximate surface area is 225 Å². The van der Waals surface area contributed by atoms with Crippen molar-refractivity contribution in [2.75, 3.05) is 4.90 Å². The molecule has 0 amide bonds. The lowest BCUT2D eigenvalue weighted by Gasteiger charge is -2.21. The Hall–Kier alpha value is -5.35. The fourth-order valence-corrected chi connectivity index (χ4v) is 5.64. The fraction of sp³-hybridized carbons (Fsp3) is 0. The van der Waals surface area contributed by atoms with E-state index < -0.39 is 0 Å². The van der Waals surface area contributed by atoms with Gasteiger partial charge < -0.3 is 8.98 Å². The molecule has 0 spiro atoms. The highest BCUT2D eigenvalue weighted by atomic mass is 16.4. The molecule has 0 N–H and O–H groups in total. The summed E-state index contributed by atoms with van der Waals surface area (Å²) in [7, 11) is 0. The van der Waals surface area contributed by atoms with Gasteiger partial charge in [-0.25, -0.2) is 0 Å². The third kappa shape index (κ3) is 3.42. The zero-order chi connectivity index (χ0) is 25.8. The predicted octanol–water partition coefficient (Wildman–Crippen LogP) is 9.55. The zero-order valence-electron chi connectivity index (χ0n) is 21.0. The third-order valence-electron chi connectivity index (χ3n) is 7.42. The van der Waals surface area contributed by atoms with Crippen LogP contribution >= 0.6 is 0 Å². The lowest BCUT2D eigenvalue weighted by molar-refractivity contribution is 0.611. The molecule has 0 atom stereocenters. The van der Waals surface area contributed by atoms with Gasteiger partial charge in [0.2, 0.25) is 0 Å². The van der Waals surface area contributed by atoms with Crippen molar-refractivity contribution in [3.05, 3.63) is 140 Å². The monoisotopic (exact) mass is 501 g/mol. The lowest BCUT2D eigenvalue weighted by Crippen LogP contribution is -2.10. The van der Waals surface area contributed by atoms with Crippen LogP contribution in [0, 0.1) is 0 Å². The largest absolute Gasteiger partial charge is 0.422 e. The fourth-order valence-electron chi connectivity index (χ4n) is 5.64. The van der Waals surface area contributed by atoms with E-state index in [1.165, 1.54) is 21.8 Å². The van der Waals surface area contributed by atoms with E-state index in [0.29, 0.717) is 6.01 Å². The molecule has 2 aromatic heterocycles. The average Bonchev–Trinajstić information content (AvgIpc) is 3.58. The number of para-hydroxylation sites is 3. The highest BCUT2D eigenvalue weighted by Gasteiger charge is 2.20. The Morgan fingerprint density at radius 2 is 1.10 bits per heavy atom. The molecule has 0 unspecified atom stereocenters. The second-order valence-electron chi connectivity index (χ2n) is 9.69. The number of oxazole rings is 1. The molecule has 2 heterocycles. The first kappa shape index (κ1) is 21.7. The second kappa shape index (κ2) is 8.61. The Bertz CT molecular complexity index is 2070. The maximum absolute atomic E-state index is 6.48. The maximum atomic E-state index is 6.48. The minimum atomic E-state index is 0.539. The van der Waals surface area contributed by atoms with Gasteiger partial charge in [-0.1, -0.05) is 84.9 Å². The summed E-state index contributed by atoms with van der Waals surface area (Å²) in [5.41, 5.74) is 7.08. The first-order valence-corrected chi connectivity index (χ1v) is 13.1. The number of anilines is 3. The van der Waals surface area contributed by atoms with Gasteiger partial charge in [0.25, 0.3) is 0 Å². The number of hydrogen-bond acceptors (Lipinski definition) is 3. The van der Waals surface area contributed by atoms with E-state index in [1.807, 2.05) is 36.4 Å². The number of aromatic nitrogens is 2. The molecule has 8 rings (SSSR count). The summed E-state index contributed by atoms with van der Waals surface area (Å²) in [5.74, 6) is 0. The molecular weight excluding hydrogens is 478 g/mol. The Morgan fingerprint density at radius 3 is 1.82 bits per heavy atom. The lowest BCUT2D eigenvalue weighted by atomic mass is 10.1. The van der Waals surface area contributed by atoms with Crippen molar-refractivity contribution in [1.82, 2.24) is 9.55 Å². The highest BCUT2D eigenvalue weighted by molar-refractivity contribution is 6.09. The molecule has 0 aliphatic rings. The van der Waals surface area contributed by atoms with E-state index in [1.54, 1.807) is 0 Å². The first-order valence-electron chi connectivity index (χ1n) is 13.1. The van der Waals surface area contributed by atoms with Crippen LogP contribution in [0.25, 0.3) is 49.4 Å². The molecule has 0 radical (unpaired) electrons. The molecule has 0 saturated heterocycles. The molecule has 6 aromatic carbocycles. The molecule has 4 nitrogen and oxygen atoms in total. The van der Waals surface area contributed by atoms with Crippen molar-refractivity contribution >= 4 is 61.1 Å². The maximum Gasteiger partial charge on any atom is 0.307 e. The quantitative estimate of drug-likeness (QED) is 0.241. The number of benzene rings is 6. The minimum Gasteiger partial charge on any atom is -0.422 e. The van der Waals surface area contributed by atoms with E-state index in [9.17, 15) is 0 Å². The SMILES string of the molecule is c1ccc(N(c2ccc(-n3c4ccccc4c4ccccc43)cc2)c2nc3ccc4ccccc4c3o2)cc1. The van der Waals surface area contributed by atoms with Crippen LogP contribution in [0.1, 0.15) is 0 Å². The number of nitrogens with zero attached hydrogens (tertiary/aromatic N) is 3. The van der Waals surface area contributed by atoms with Gasteiger partial charge in [0, 0.05) is 21.8 Å². The van der Waals surface area contributed by atoms with Gasteiger partial charge in [-0.15, -0.1) is 0 Å². The Morgan fingerprint density at radius 1 is 0.513 bits per heavy atom. The van der Waals surface area contributed by atoms with Crippen molar-refractivity contribution < 1.29 is 4.42 Å². The number of hydrogen-bond donors (Lipinski definition) is 0. The van der Waals surface area contributed by atoms with E-state index in [4.69, 9.17) is 9.40 Å². The van der Waals surface area contributed by atoms with E-state index in [2.05, 4.69) is 113 Å². The van der Waals surface area contributed by atoms with Crippen LogP contribution in [-0.2, 0) is 0 Å². The standard InChI is InChI=1S/C35H23N3O/c1-2-11-25(12-3-1)37(35-36-31-23-18-24-10-4-5-13-28(24)34(31)39-35)26-19-21-27(22-20-26)38-32-16-8-6-14-29(32)30-15-7-9-17-33(30)38/h1-23H. The van der Waals surface area contributed by atoms with Gasteiger partial charge >= 0.3 is 6.01 Å². The van der Waals surface area contributed by atoms with Gasteiger partial charge in [-0.05, 0) is 60.0 Å². The van der Waals surface area contributed by atoms with Crippen LogP contribution in [0.3, 0.4) is 0 Å². The smallest absolute Gasteiger partial charge is 0.307 e. The average molecular weight is 502 g/mol. The number of fused-ring (bicyclic) bond motifs is 6. The molecule has 39 heavy (non-hydrogen) atoms. The van der Waals surface area contributed by atoms with Gasteiger partial charge in [0.1, 0.15) is 5.52 Å². The summed E-state index contributed by atoms with van der Waals surface area (Å²) >= 11 is 0. The second-order valence-corrected chi connectivity index (χ2v) is 9.69. The van der Waals surface area contributed by atoms with Crippen LogP contribution in [0.5, 0.6) is 0 Å². The normalized spacial score (nSPS) is 11.6. The Kier molecular flexibility index (Phi) is 4.79. The molecular formula is C35H23N3O. The molecule has 0 aliphatic heterocycles. The molecule has 0 saturated carbocycles. The van der Waals surface area contributed by atoms with Gasteiger partial charge in [-0.2, -0.15) is 4.98 Å². The summed E-state index contributed by atoms with van der Waals surface area (Å²) in [6, 6.07) is 48.9. The summed E-state index contributed by atoms with van der Waals surface area (Å²) in [6.45, 7) is 0. The highest BCUT2D eigenvalue weighted by Crippen LogP contribution is 2.38. The third-order valence-corrected chi connectivity index (χ3v) is 7.42. The molecule has 0 fully saturated rings. The first-order chi connectivity index (χ1) is 19.3. The van der Waals surface area contributed by atoms with Crippen LogP contribution < -0.4 is 4.90 Å². The van der Waals surface area contributed by atoms with Crippen molar-refractivity contribution in [2.45, 2.75) is 0 Å². The molecule has 0 aliphatic carbocycles. The van der Waals surface area contributed by atoms with Gasteiger partial charge in [-0.3, -0.25) is 4.90 Å². The van der Waals surface area contributed by atoms with E-state index >= 15 is 0 Å². The number of rotatable bonds is 4. The Balaban J connectivity index is 1.29. The van der Waals surface area contributed by atoms with Crippen LogP contribution in [0.2, 0.25) is 0 Å². The minimum absolute atomic E-state index is 0.539. The van der Waals surface area contributed by atoms with Crippen molar-refractivity contribution in [1.29, 1.82) is 0 Å². The van der Waals surface area contributed by atoms with E-state index in [-0.39, 0.29) is 0 Å². The van der Waals surface area contributed by atoms with Crippen LogP contribution in [0.15, 0.2) is 144 Å². The van der Waals surface area contributed by atoms with Gasteiger partial charge in [0.15, 0.2) is 5.58 Å². The van der Waals surface area contributed by atoms with Crippen molar-refractivity contribution in [2.24, 2.45) is 0 Å².